The molecule has 1 aliphatic rings. The third-order valence-corrected chi connectivity index (χ3v) is 5.80. The molecule has 0 aliphatic carbocycles. The lowest BCUT2D eigenvalue weighted by Crippen LogP contribution is -2.42. The first-order valence-corrected chi connectivity index (χ1v) is 10.6. The smallest absolute Gasteiger partial charge is 0.254 e. The van der Waals surface area contributed by atoms with Crippen LogP contribution in [0.2, 0.25) is 0 Å². The van der Waals surface area contributed by atoms with Crippen LogP contribution in [0.1, 0.15) is 27.5 Å². The van der Waals surface area contributed by atoms with E-state index >= 15 is 0 Å². The van der Waals surface area contributed by atoms with E-state index in [2.05, 4.69) is 0 Å². The van der Waals surface area contributed by atoms with Gasteiger partial charge in [-0.05, 0) is 72.1 Å². The fourth-order valence-electron chi connectivity index (χ4n) is 4.08. The molecular weight excluding hydrogens is 425 g/mol. The van der Waals surface area contributed by atoms with Crippen molar-refractivity contribution < 1.29 is 28.1 Å². The maximum Gasteiger partial charge on any atom is 0.254 e. The molecule has 33 heavy (non-hydrogen) atoms. The van der Waals surface area contributed by atoms with Gasteiger partial charge in [0.2, 0.25) is 0 Å². The molecular formula is C26H26FNO5. The predicted octanol–water partition coefficient (Wildman–Crippen LogP) is 4.67. The minimum absolute atomic E-state index is 0.123. The Bertz CT molecular complexity index is 1130. The summed E-state index contributed by atoms with van der Waals surface area (Å²) in [7, 11) is 4.75. The summed E-state index contributed by atoms with van der Waals surface area (Å²) in [5.74, 6) is 1.90. The zero-order valence-corrected chi connectivity index (χ0v) is 18.8. The van der Waals surface area contributed by atoms with Gasteiger partial charge in [-0.2, -0.15) is 0 Å². The average Bonchev–Trinajstić information content (AvgIpc) is 2.86. The van der Waals surface area contributed by atoms with E-state index in [1.807, 2.05) is 12.1 Å². The number of fused-ring (bicyclic) bond motifs is 1. The Morgan fingerprint density at radius 1 is 0.939 bits per heavy atom. The minimum atomic E-state index is -0.377. The Hall–Kier alpha value is -3.74. The molecule has 4 rings (SSSR count). The summed E-state index contributed by atoms with van der Waals surface area (Å²) >= 11 is 0. The van der Waals surface area contributed by atoms with Gasteiger partial charge in [0, 0.05) is 12.1 Å². The summed E-state index contributed by atoms with van der Waals surface area (Å²) in [6, 6.07) is 16.4. The number of hydrogen-bond acceptors (Lipinski definition) is 5. The van der Waals surface area contributed by atoms with Crippen molar-refractivity contribution in [2.45, 2.75) is 12.5 Å². The van der Waals surface area contributed by atoms with Gasteiger partial charge in [0.15, 0.2) is 11.5 Å². The maximum absolute atomic E-state index is 13.5. The fourth-order valence-corrected chi connectivity index (χ4v) is 4.08. The first-order valence-electron chi connectivity index (χ1n) is 10.6. The Kier molecular flexibility index (Phi) is 6.68. The molecule has 0 bridgehead atoms. The lowest BCUT2D eigenvalue weighted by Gasteiger charge is -2.37. The van der Waals surface area contributed by atoms with Crippen molar-refractivity contribution in [1.82, 2.24) is 4.90 Å². The Morgan fingerprint density at radius 3 is 2.36 bits per heavy atom. The molecule has 172 valence electrons. The molecule has 3 aromatic rings. The first kappa shape index (κ1) is 22.5. The zero-order chi connectivity index (χ0) is 23.4. The summed E-state index contributed by atoms with van der Waals surface area (Å²) in [6.45, 7) is 0.708. The average molecular weight is 451 g/mol. The molecule has 1 aliphatic heterocycles. The highest BCUT2D eigenvalue weighted by Crippen LogP contribution is 2.39. The van der Waals surface area contributed by atoms with Crippen LogP contribution in [0.15, 0.2) is 60.7 Å². The molecule has 0 saturated heterocycles. The summed E-state index contributed by atoms with van der Waals surface area (Å²) < 4.78 is 35.6. The van der Waals surface area contributed by atoms with Crippen molar-refractivity contribution in [1.29, 1.82) is 0 Å². The van der Waals surface area contributed by atoms with Crippen LogP contribution in [0.5, 0.6) is 23.0 Å². The van der Waals surface area contributed by atoms with Gasteiger partial charge in [-0.3, -0.25) is 4.79 Å². The Labute approximate surface area is 192 Å². The second-order valence-corrected chi connectivity index (χ2v) is 7.67. The Balaban J connectivity index is 1.70. The highest BCUT2D eigenvalue weighted by atomic mass is 19.1. The van der Waals surface area contributed by atoms with Crippen LogP contribution in [-0.4, -0.2) is 45.3 Å². The largest absolute Gasteiger partial charge is 0.497 e. The highest BCUT2D eigenvalue weighted by Gasteiger charge is 2.33. The molecule has 0 radical (unpaired) electrons. The number of methoxy groups -OCH3 is 3. The van der Waals surface area contributed by atoms with Gasteiger partial charge in [-0.1, -0.05) is 6.07 Å². The van der Waals surface area contributed by atoms with E-state index < -0.39 is 0 Å². The molecule has 1 unspecified atom stereocenters. The third kappa shape index (κ3) is 4.72. The van der Waals surface area contributed by atoms with Crippen LogP contribution in [0.25, 0.3) is 0 Å². The summed E-state index contributed by atoms with van der Waals surface area (Å²) in [6.07, 6.45) is 0.665. The Morgan fingerprint density at radius 2 is 1.67 bits per heavy atom. The number of hydrogen-bond donors (Lipinski definition) is 0. The van der Waals surface area contributed by atoms with Crippen LogP contribution in [-0.2, 0) is 6.42 Å². The van der Waals surface area contributed by atoms with Gasteiger partial charge in [0.1, 0.15) is 23.9 Å². The molecule has 3 aromatic carbocycles. The molecule has 0 N–H and O–H groups in total. The predicted molar refractivity (Wildman–Crippen MR) is 122 cm³/mol. The fraction of sp³-hybridized carbons (Fsp3) is 0.269. The monoisotopic (exact) mass is 451 g/mol. The normalized spacial score (nSPS) is 14.9. The number of rotatable bonds is 7. The SMILES string of the molecule is COc1cccc(C(=O)N2CCc3cc(OC)c(OC)cc3C2COc2ccc(F)cc2)c1. The van der Waals surface area contributed by atoms with Crippen molar-refractivity contribution in [3.8, 4) is 23.0 Å². The molecule has 0 saturated carbocycles. The molecule has 7 heteroatoms. The molecule has 1 atom stereocenters. The van der Waals surface area contributed by atoms with E-state index in [1.165, 1.54) is 12.1 Å². The molecule has 0 fully saturated rings. The van der Waals surface area contributed by atoms with Crippen molar-refractivity contribution in [3.63, 3.8) is 0 Å². The van der Waals surface area contributed by atoms with Gasteiger partial charge in [0.05, 0.1) is 27.4 Å². The highest BCUT2D eigenvalue weighted by molar-refractivity contribution is 5.95. The summed E-state index contributed by atoms with van der Waals surface area (Å²) in [5, 5.41) is 0. The molecule has 6 nitrogen and oxygen atoms in total. The van der Waals surface area contributed by atoms with Crippen LogP contribution in [0.4, 0.5) is 4.39 Å². The third-order valence-electron chi connectivity index (χ3n) is 5.80. The van der Waals surface area contributed by atoms with Gasteiger partial charge in [-0.15, -0.1) is 0 Å². The van der Waals surface area contributed by atoms with E-state index in [9.17, 15) is 9.18 Å². The topological polar surface area (TPSA) is 57.2 Å². The standard InChI is InChI=1S/C26H26FNO5/c1-30-21-6-4-5-18(13-21)26(29)28-12-11-17-14-24(31-2)25(32-3)15-22(17)23(28)16-33-20-9-7-19(27)8-10-20/h4-10,13-15,23H,11-12,16H2,1-3H3. The summed E-state index contributed by atoms with van der Waals surface area (Å²) in [4.78, 5) is 15.3. The van der Waals surface area contributed by atoms with E-state index in [-0.39, 0.29) is 24.4 Å². The van der Waals surface area contributed by atoms with Gasteiger partial charge in [0.25, 0.3) is 5.91 Å². The van der Waals surface area contributed by atoms with Crippen LogP contribution >= 0.6 is 0 Å². The molecule has 0 aromatic heterocycles. The number of amides is 1. The lowest BCUT2D eigenvalue weighted by molar-refractivity contribution is 0.0589. The van der Waals surface area contributed by atoms with Crippen molar-refractivity contribution >= 4 is 5.91 Å². The zero-order valence-electron chi connectivity index (χ0n) is 18.8. The number of carbonyl (C=O) groups excluding carboxylic acids is 1. The molecule has 1 heterocycles. The quantitative estimate of drug-likeness (QED) is 0.523. The number of nitrogens with zero attached hydrogens (tertiary/aromatic N) is 1. The first-order chi connectivity index (χ1) is 16.0. The van der Waals surface area contributed by atoms with Crippen molar-refractivity contribution in [3.05, 3.63) is 83.2 Å². The van der Waals surface area contributed by atoms with E-state index in [1.54, 1.807) is 62.6 Å². The van der Waals surface area contributed by atoms with E-state index in [0.717, 1.165) is 11.1 Å². The van der Waals surface area contributed by atoms with Crippen molar-refractivity contribution in [2.24, 2.45) is 0 Å². The maximum atomic E-state index is 13.5. The van der Waals surface area contributed by atoms with Crippen LogP contribution in [0.3, 0.4) is 0 Å². The van der Waals surface area contributed by atoms with E-state index in [4.69, 9.17) is 18.9 Å². The number of ether oxygens (including phenoxy) is 4. The van der Waals surface area contributed by atoms with Crippen LogP contribution in [0, 0.1) is 5.82 Å². The second kappa shape index (κ2) is 9.81. The number of benzene rings is 3. The number of halogens is 1. The summed E-state index contributed by atoms with van der Waals surface area (Å²) in [5.41, 5.74) is 2.53. The second-order valence-electron chi connectivity index (χ2n) is 7.67. The van der Waals surface area contributed by atoms with Gasteiger partial charge >= 0.3 is 0 Å². The van der Waals surface area contributed by atoms with Gasteiger partial charge < -0.3 is 23.8 Å². The van der Waals surface area contributed by atoms with Gasteiger partial charge in [-0.25, -0.2) is 4.39 Å². The van der Waals surface area contributed by atoms with E-state index in [0.29, 0.717) is 41.5 Å². The molecule has 1 amide bonds. The van der Waals surface area contributed by atoms with Crippen LogP contribution < -0.4 is 18.9 Å². The lowest BCUT2D eigenvalue weighted by atomic mass is 9.91. The minimum Gasteiger partial charge on any atom is -0.497 e. The van der Waals surface area contributed by atoms with Crippen molar-refractivity contribution in [2.75, 3.05) is 34.5 Å². The molecule has 0 spiro atoms. The number of carbonyl (C=O) groups is 1.